The maximum absolute atomic E-state index is 11.5. The number of methoxy groups -OCH3 is 1. The van der Waals surface area contributed by atoms with E-state index in [2.05, 4.69) is 26.1 Å². The molecular weight excluding hydrogens is 278 g/mol. The molecule has 2 atom stereocenters. The van der Waals surface area contributed by atoms with Gasteiger partial charge in [0.15, 0.2) is 0 Å². The molecule has 0 spiro atoms. The summed E-state index contributed by atoms with van der Waals surface area (Å²) in [6.45, 7) is 10.4. The summed E-state index contributed by atoms with van der Waals surface area (Å²) in [7, 11) is 1.65. The molecule has 0 amide bonds. The first-order valence-corrected chi connectivity index (χ1v) is 7.77. The van der Waals surface area contributed by atoms with Crippen molar-refractivity contribution < 1.29 is 14.6 Å². The summed E-state index contributed by atoms with van der Waals surface area (Å²) >= 11 is 0. The lowest BCUT2D eigenvalue weighted by molar-refractivity contribution is -0.140. The predicted molar refractivity (Wildman–Crippen MR) is 89.4 cm³/mol. The molecule has 0 unspecified atom stereocenters. The maximum Gasteiger partial charge on any atom is 0.320 e. The number of rotatable bonds is 7. The number of nitrogens with one attached hydrogen (secondary N) is 1. The Morgan fingerprint density at radius 2 is 2.00 bits per heavy atom. The smallest absolute Gasteiger partial charge is 0.320 e. The van der Waals surface area contributed by atoms with Crippen molar-refractivity contribution in [2.24, 2.45) is 5.41 Å². The van der Waals surface area contributed by atoms with Crippen LogP contribution in [-0.2, 0) is 4.79 Å². The minimum Gasteiger partial charge on any atom is -0.496 e. The zero-order chi connectivity index (χ0) is 16.9. The van der Waals surface area contributed by atoms with Gasteiger partial charge in [0, 0.05) is 6.04 Å². The fraction of sp³-hybridized carbons (Fsp3) is 0.611. The fourth-order valence-electron chi connectivity index (χ4n) is 2.42. The van der Waals surface area contributed by atoms with E-state index in [1.165, 1.54) is 0 Å². The first-order chi connectivity index (χ1) is 10.1. The van der Waals surface area contributed by atoms with E-state index in [1.54, 1.807) is 7.11 Å². The normalized spacial score (nSPS) is 14.5. The summed E-state index contributed by atoms with van der Waals surface area (Å²) in [6, 6.07) is 5.39. The molecule has 0 saturated carbocycles. The molecule has 1 aromatic rings. The molecule has 0 aliphatic rings. The molecule has 22 heavy (non-hydrogen) atoms. The highest BCUT2D eigenvalue weighted by Crippen LogP contribution is 2.25. The van der Waals surface area contributed by atoms with Gasteiger partial charge >= 0.3 is 5.97 Å². The van der Waals surface area contributed by atoms with Gasteiger partial charge in [-0.3, -0.25) is 10.1 Å². The Morgan fingerprint density at radius 3 is 2.45 bits per heavy atom. The Bertz CT molecular complexity index is 506. The standard InChI is InChI=1S/C18H29NO3/c1-12-11-14(7-8-16(12)22-6)13(2)19-15(17(20)21)9-10-18(3,4)5/h7-8,11,13,15,19H,9-10H2,1-6H3,(H,20,21)/t13-,15-/m0/s1. The van der Waals surface area contributed by atoms with E-state index in [9.17, 15) is 9.90 Å². The Balaban J connectivity index is 2.76. The van der Waals surface area contributed by atoms with Crippen molar-refractivity contribution in [2.45, 2.75) is 59.5 Å². The van der Waals surface area contributed by atoms with Gasteiger partial charge in [-0.15, -0.1) is 0 Å². The molecule has 0 aliphatic heterocycles. The van der Waals surface area contributed by atoms with E-state index in [1.807, 2.05) is 32.0 Å². The van der Waals surface area contributed by atoms with Gasteiger partial charge in [-0.05, 0) is 49.3 Å². The number of benzene rings is 1. The van der Waals surface area contributed by atoms with E-state index in [4.69, 9.17) is 4.74 Å². The van der Waals surface area contributed by atoms with Crippen molar-refractivity contribution >= 4 is 5.97 Å². The molecule has 0 heterocycles. The largest absolute Gasteiger partial charge is 0.496 e. The maximum atomic E-state index is 11.5. The van der Waals surface area contributed by atoms with Gasteiger partial charge in [-0.1, -0.05) is 32.9 Å². The van der Waals surface area contributed by atoms with Crippen LogP contribution in [-0.4, -0.2) is 24.2 Å². The first-order valence-electron chi connectivity index (χ1n) is 7.77. The van der Waals surface area contributed by atoms with E-state index in [0.29, 0.717) is 6.42 Å². The zero-order valence-corrected chi connectivity index (χ0v) is 14.6. The van der Waals surface area contributed by atoms with Crippen molar-refractivity contribution in [1.82, 2.24) is 5.32 Å². The fourth-order valence-corrected chi connectivity index (χ4v) is 2.42. The predicted octanol–water partition coefficient (Wildman–Crippen LogP) is 3.93. The molecule has 1 rings (SSSR count). The second kappa shape index (κ2) is 7.63. The molecule has 0 bridgehead atoms. The number of carboxylic acids is 1. The van der Waals surface area contributed by atoms with Gasteiger partial charge < -0.3 is 9.84 Å². The monoisotopic (exact) mass is 307 g/mol. The van der Waals surface area contributed by atoms with Crippen LogP contribution >= 0.6 is 0 Å². The highest BCUT2D eigenvalue weighted by atomic mass is 16.5. The van der Waals surface area contributed by atoms with Crippen LogP contribution in [0.3, 0.4) is 0 Å². The lowest BCUT2D eigenvalue weighted by Crippen LogP contribution is -2.39. The molecule has 0 aromatic heterocycles. The molecule has 0 saturated heterocycles. The number of aryl methyl sites for hydroxylation is 1. The van der Waals surface area contributed by atoms with E-state index in [-0.39, 0.29) is 11.5 Å². The number of aliphatic carboxylic acids is 1. The van der Waals surface area contributed by atoms with Gasteiger partial charge in [-0.2, -0.15) is 0 Å². The second-order valence-electron chi connectivity index (χ2n) is 7.11. The van der Waals surface area contributed by atoms with Crippen LogP contribution in [0, 0.1) is 12.3 Å². The third-order valence-corrected chi connectivity index (χ3v) is 3.85. The van der Waals surface area contributed by atoms with Gasteiger partial charge in [0.1, 0.15) is 11.8 Å². The zero-order valence-electron chi connectivity index (χ0n) is 14.6. The Kier molecular flexibility index (Phi) is 6.42. The van der Waals surface area contributed by atoms with Crippen molar-refractivity contribution in [3.05, 3.63) is 29.3 Å². The Morgan fingerprint density at radius 1 is 1.36 bits per heavy atom. The number of carbonyl (C=O) groups is 1. The topological polar surface area (TPSA) is 58.6 Å². The van der Waals surface area contributed by atoms with Crippen molar-refractivity contribution in [3.8, 4) is 5.75 Å². The molecule has 124 valence electrons. The second-order valence-corrected chi connectivity index (χ2v) is 7.11. The van der Waals surface area contributed by atoms with Crippen molar-refractivity contribution in [1.29, 1.82) is 0 Å². The Labute approximate surface area is 133 Å². The summed E-state index contributed by atoms with van der Waals surface area (Å²) < 4.78 is 5.26. The SMILES string of the molecule is COc1ccc([C@H](C)N[C@@H](CCC(C)(C)C)C(=O)O)cc1C. The van der Waals surface area contributed by atoms with Crippen LogP contribution in [0.25, 0.3) is 0 Å². The summed E-state index contributed by atoms with van der Waals surface area (Å²) in [5.41, 5.74) is 2.26. The summed E-state index contributed by atoms with van der Waals surface area (Å²) in [5.74, 6) is 0.0554. The van der Waals surface area contributed by atoms with Gasteiger partial charge in [-0.25, -0.2) is 0 Å². The Hall–Kier alpha value is -1.55. The number of hydrogen-bond acceptors (Lipinski definition) is 3. The van der Waals surface area contributed by atoms with Crippen LogP contribution in [0.2, 0.25) is 0 Å². The van der Waals surface area contributed by atoms with Crippen LogP contribution < -0.4 is 10.1 Å². The molecule has 0 fully saturated rings. The molecule has 4 nitrogen and oxygen atoms in total. The van der Waals surface area contributed by atoms with Crippen LogP contribution in [0.4, 0.5) is 0 Å². The quantitative estimate of drug-likeness (QED) is 0.801. The molecule has 2 N–H and O–H groups in total. The highest BCUT2D eigenvalue weighted by Gasteiger charge is 2.23. The molecule has 1 aromatic carbocycles. The average Bonchev–Trinajstić information content (AvgIpc) is 2.41. The molecule has 4 heteroatoms. The number of ether oxygens (including phenoxy) is 1. The minimum atomic E-state index is -0.790. The minimum absolute atomic E-state index is 0.0225. The molecular formula is C18H29NO3. The van der Waals surface area contributed by atoms with Gasteiger partial charge in [0.2, 0.25) is 0 Å². The molecule has 0 radical (unpaired) electrons. The number of carboxylic acid groups (broad SMARTS) is 1. The average molecular weight is 307 g/mol. The van der Waals surface area contributed by atoms with Gasteiger partial charge in [0.05, 0.1) is 7.11 Å². The highest BCUT2D eigenvalue weighted by molar-refractivity contribution is 5.73. The number of hydrogen-bond donors (Lipinski definition) is 2. The summed E-state index contributed by atoms with van der Waals surface area (Å²) in [6.07, 6.45) is 1.49. The third-order valence-electron chi connectivity index (χ3n) is 3.85. The summed E-state index contributed by atoms with van der Waals surface area (Å²) in [4.78, 5) is 11.5. The van der Waals surface area contributed by atoms with Gasteiger partial charge in [0.25, 0.3) is 0 Å². The third kappa shape index (κ3) is 5.68. The molecule has 0 aliphatic carbocycles. The van der Waals surface area contributed by atoms with Crippen molar-refractivity contribution in [3.63, 3.8) is 0 Å². The van der Waals surface area contributed by atoms with Crippen LogP contribution in [0.1, 0.15) is 57.7 Å². The first kappa shape index (κ1) is 18.5. The lowest BCUT2D eigenvalue weighted by Gasteiger charge is -2.24. The van der Waals surface area contributed by atoms with Crippen LogP contribution in [0.5, 0.6) is 5.75 Å². The van der Waals surface area contributed by atoms with E-state index < -0.39 is 12.0 Å². The van der Waals surface area contributed by atoms with E-state index >= 15 is 0 Å². The van der Waals surface area contributed by atoms with Crippen LogP contribution in [0.15, 0.2) is 18.2 Å². The summed E-state index contributed by atoms with van der Waals surface area (Å²) in [5, 5.41) is 12.6. The van der Waals surface area contributed by atoms with E-state index in [0.717, 1.165) is 23.3 Å². The van der Waals surface area contributed by atoms with Crippen molar-refractivity contribution in [2.75, 3.05) is 7.11 Å². The lowest BCUT2D eigenvalue weighted by atomic mass is 9.88.